The van der Waals surface area contributed by atoms with Crippen LogP contribution in [0.2, 0.25) is 5.02 Å². The molecule has 0 amide bonds. The minimum absolute atomic E-state index is 0.0772. The molecule has 1 fully saturated rings. The lowest BCUT2D eigenvalue weighted by atomic mass is 10.2. The molecule has 19 heavy (non-hydrogen) atoms. The molecule has 0 bridgehead atoms. The van der Waals surface area contributed by atoms with Gasteiger partial charge in [0.1, 0.15) is 0 Å². The van der Waals surface area contributed by atoms with Crippen molar-refractivity contribution >= 4 is 21.6 Å². The largest absolute Gasteiger partial charge is 0.316 e. The number of nitrogens with zero attached hydrogens (tertiary/aromatic N) is 1. The van der Waals surface area contributed by atoms with Gasteiger partial charge in [-0.1, -0.05) is 11.6 Å². The highest BCUT2D eigenvalue weighted by Gasteiger charge is 2.32. The van der Waals surface area contributed by atoms with E-state index in [4.69, 9.17) is 11.6 Å². The normalized spacial score (nSPS) is 20.9. The molecular weight excluding hydrogens is 284 g/mol. The molecule has 1 atom stereocenters. The molecule has 0 saturated carbocycles. The van der Waals surface area contributed by atoms with Gasteiger partial charge in [0.25, 0.3) is 0 Å². The standard InChI is InChI=1S/C13H19ClN2O2S/c1-10-4-3-7-16(10)19(17,18)12-5-6-13(14)11(8-12)9-15-2/h5-6,8,10,15H,3-4,7,9H2,1-2H3. The van der Waals surface area contributed by atoms with Crippen molar-refractivity contribution in [2.45, 2.75) is 37.2 Å². The number of hydrogen-bond donors (Lipinski definition) is 1. The predicted molar refractivity (Wildman–Crippen MR) is 76.8 cm³/mol. The highest BCUT2D eigenvalue weighted by molar-refractivity contribution is 7.89. The average Bonchev–Trinajstić information content (AvgIpc) is 2.79. The molecule has 1 aliphatic heterocycles. The Morgan fingerprint density at radius 1 is 1.47 bits per heavy atom. The van der Waals surface area contributed by atoms with E-state index >= 15 is 0 Å². The summed E-state index contributed by atoms with van der Waals surface area (Å²) >= 11 is 6.06. The summed E-state index contributed by atoms with van der Waals surface area (Å²) in [5, 5.41) is 3.57. The van der Waals surface area contributed by atoms with Crippen LogP contribution >= 0.6 is 11.6 Å². The van der Waals surface area contributed by atoms with E-state index < -0.39 is 10.0 Å². The SMILES string of the molecule is CNCc1cc(S(=O)(=O)N2CCCC2C)ccc1Cl. The van der Waals surface area contributed by atoms with Crippen molar-refractivity contribution < 1.29 is 8.42 Å². The van der Waals surface area contributed by atoms with Crippen LogP contribution in [0.25, 0.3) is 0 Å². The van der Waals surface area contributed by atoms with Gasteiger partial charge in [-0.3, -0.25) is 0 Å². The van der Waals surface area contributed by atoms with Crippen LogP contribution in [0.15, 0.2) is 23.1 Å². The molecule has 1 aliphatic rings. The molecule has 106 valence electrons. The van der Waals surface area contributed by atoms with Gasteiger partial charge in [-0.15, -0.1) is 0 Å². The van der Waals surface area contributed by atoms with E-state index in [1.807, 2.05) is 6.92 Å². The van der Waals surface area contributed by atoms with Gasteiger partial charge in [0.2, 0.25) is 10.0 Å². The smallest absolute Gasteiger partial charge is 0.243 e. The molecule has 0 spiro atoms. The molecule has 0 aromatic heterocycles. The van der Waals surface area contributed by atoms with Crippen molar-refractivity contribution in [3.05, 3.63) is 28.8 Å². The van der Waals surface area contributed by atoms with Crippen LogP contribution < -0.4 is 5.32 Å². The summed E-state index contributed by atoms with van der Waals surface area (Å²) in [5.41, 5.74) is 0.803. The van der Waals surface area contributed by atoms with Crippen molar-refractivity contribution in [3.8, 4) is 0 Å². The zero-order valence-corrected chi connectivity index (χ0v) is 12.8. The summed E-state index contributed by atoms with van der Waals surface area (Å²) in [7, 11) is -1.59. The fourth-order valence-corrected chi connectivity index (χ4v) is 4.37. The Hall–Kier alpha value is -0.620. The maximum absolute atomic E-state index is 12.6. The molecule has 1 unspecified atom stereocenters. The van der Waals surface area contributed by atoms with Gasteiger partial charge in [0.15, 0.2) is 0 Å². The Labute approximate surface area is 119 Å². The van der Waals surface area contributed by atoms with Crippen molar-refractivity contribution in [2.75, 3.05) is 13.6 Å². The summed E-state index contributed by atoms with van der Waals surface area (Å²) in [4.78, 5) is 0.330. The summed E-state index contributed by atoms with van der Waals surface area (Å²) in [6.07, 6.45) is 1.85. The number of benzene rings is 1. The first kappa shape index (κ1) is 14.8. The molecule has 1 saturated heterocycles. The fraction of sp³-hybridized carbons (Fsp3) is 0.538. The van der Waals surface area contributed by atoms with Crippen molar-refractivity contribution in [1.82, 2.24) is 9.62 Å². The van der Waals surface area contributed by atoms with E-state index in [2.05, 4.69) is 5.32 Å². The maximum Gasteiger partial charge on any atom is 0.243 e. The topological polar surface area (TPSA) is 49.4 Å². The number of hydrogen-bond acceptors (Lipinski definition) is 3. The molecule has 1 heterocycles. The average molecular weight is 303 g/mol. The molecule has 0 radical (unpaired) electrons. The lowest BCUT2D eigenvalue weighted by Crippen LogP contribution is -2.33. The third-order valence-electron chi connectivity index (χ3n) is 3.48. The zero-order valence-electron chi connectivity index (χ0n) is 11.2. The van der Waals surface area contributed by atoms with Gasteiger partial charge in [0.05, 0.1) is 4.90 Å². The quantitative estimate of drug-likeness (QED) is 0.928. The highest BCUT2D eigenvalue weighted by atomic mass is 35.5. The second kappa shape index (κ2) is 5.79. The van der Waals surface area contributed by atoms with Crippen LogP contribution in [0.4, 0.5) is 0 Å². The van der Waals surface area contributed by atoms with E-state index in [1.54, 1.807) is 29.6 Å². The predicted octanol–water partition coefficient (Wildman–Crippen LogP) is 2.23. The van der Waals surface area contributed by atoms with Gasteiger partial charge in [0, 0.05) is 24.2 Å². The first-order valence-corrected chi connectivity index (χ1v) is 8.23. The van der Waals surface area contributed by atoms with E-state index in [0.29, 0.717) is 23.0 Å². The van der Waals surface area contributed by atoms with Gasteiger partial charge in [-0.25, -0.2) is 8.42 Å². The van der Waals surface area contributed by atoms with Gasteiger partial charge in [-0.05, 0) is 50.6 Å². The first-order chi connectivity index (χ1) is 8.96. The third-order valence-corrected chi connectivity index (χ3v) is 5.86. The van der Waals surface area contributed by atoms with Crippen molar-refractivity contribution in [3.63, 3.8) is 0 Å². The summed E-state index contributed by atoms with van der Waals surface area (Å²) in [6.45, 7) is 3.11. The Bertz CT molecular complexity index is 560. The zero-order chi connectivity index (χ0) is 14.0. The number of nitrogens with one attached hydrogen (secondary N) is 1. The van der Waals surface area contributed by atoms with Gasteiger partial charge >= 0.3 is 0 Å². The lowest BCUT2D eigenvalue weighted by molar-refractivity contribution is 0.408. The second-order valence-corrected chi connectivity index (χ2v) is 7.19. The minimum Gasteiger partial charge on any atom is -0.316 e. The highest BCUT2D eigenvalue weighted by Crippen LogP contribution is 2.28. The van der Waals surface area contributed by atoms with Crippen LogP contribution in [0.1, 0.15) is 25.3 Å². The molecule has 0 aliphatic carbocycles. The maximum atomic E-state index is 12.6. The van der Waals surface area contributed by atoms with Crippen LogP contribution in [0.5, 0.6) is 0 Å². The lowest BCUT2D eigenvalue weighted by Gasteiger charge is -2.21. The van der Waals surface area contributed by atoms with E-state index in [1.165, 1.54) is 0 Å². The van der Waals surface area contributed by atoms with E-state index in [-0.39, 0.29) is 6.04 Å². The number of halogens is 1. The fourth-order valence-electron chi connectivity index (χ4n) is 2.44. The molecule has 1 aromatic carbocycles. The molecule has 2 rings (SSSR count). The van der Waals surface area contributed by atoms with Crippen LogP contribution in [0, 0.1) is 0 Å². The van der Waals surface area contributed by atoms with E-state index in [0.717, 1.165) is 18.4 Å². The molecule has 4 nitrogen and oxygen atoms in total. The van der Waals surface area contributed by atoms with Crippen LogP contribution in [-0.4, -0.2) is 32.4 Å². The van der Waals surface area contributed by atoms with Gasteiger partial charge < -0.3 is 5.32 Å². The second-order valence-electron chi connectivity index (χ2n) is 4.89. The van der Waals surface area contributed by atoms with Crippen molar-refractivity contribution in [2.24, 2.45) is 0 Å². The molecule has 1 aromatic rings. The number of rotatable bonds is 4. The Morgan fingerprint density at radius 2 is 2.21 bits per heavy atom. The van der Waals surface area contributed by atoms with Gasteiger partial charge in [-0.2, -0.15) is 4.31 Å². The summed E-state index contributed by atoms with van der Waals surface area (Å²) in [6, 6.07) is 4.98. The van der Waals surface area contributed by atoms with E-state index in [9.17, 15) is 8.42 Å². The van der Waals surface area contributed by atoms with Crippen molar-refractivity contribution in [1.29, 1.82) is 0 Å². The summed E-state index contributed by atoms with van der Waals surface area (Å²) < 4.78 is 26.7. The molecule has 6 heteroatoms. The Balaban J connectivity index is 2.38. The molecular formula is C13H19ClN2O2S. The Morgan fingerprint density at radius 3 is 2.79 bits per heavy atom. The summed E-state index contributed by atoms with van der Waals surface area (Å²) in [5.74, 6) is 0. The monoisotopic (exact) mass is 302 g/mol. The molecule has 1 N–H and O–H groups in total. The van der Waals surface area contributed by atoms with Crippen LogP contribution in [0.3, 0.4) is 0 Å². The minimum atomic E-state index is -3.40. The third kappa shape index (κ3) is 2.94. The first-order valence-electron chi connectivity index (χ1n) is 6.41. The Kier molecular flexibility index (Phi) is 4.50. The number of sulfonamides is 1. The van der Waals surface area contributed by atoms with Crippen LogP contribution in [-0.2, 0) is 16.6 Å².